The van der Waals surface area contributed by atoms with Crippen molar-refractivity contribution in [3.8, 4) is 0 Å². The van der Waals surface area contributed by atoms with E-state index >= 15 is 0 Å². The minimum atomic E-state index is 0.593. The first kappa shape index (κ1) is 16.6. The van der Waals surface area contributed by atoms with Crippen LogP contribution in [0, 0.1) is 6.92 Å². The lowest BCUT2D eigenvalue weighted by Gasteiger charge is -2.04. The van der Waals surface area contributed by atoms with Crippen molar-refractivity contribution in [1.29, 1.82) is 0 Å². The van der Waals surface area contributed by atoms with E-state index in [0.717, 1.165) is 6.54 Å². The van der Waals surface area contributed by atoms with Crippen LogP contribution in [0.5, 0.6) is 0 Å². The van der Waals surface area contributed by atoms with Gasteiger partial charge in [0.15, 0.2) is 0 Å². The molecule has 0 aliphatic carbocycles. The highest BCUT2D eigenvalue weighted by Crippen LogP contribution is 2.17. The molecule has 0 aliphatic rings. The number of rotatable bonds is 2. The molecule has 0 N–H and O–H groups in total. The van der Waals surface area contributed by atoms with E-state index < -0.39 is 0 Å². The second kappa shape index (κ2) is 9.75. The molecule has 0 bridgehead atoms. The van der Waals surface area contributed by atoms with Crippen LogP contribution in [0.4, 0.5) is 0 Å². The van der Waals surface area contributed by atoms with E-state index in [4.69, 9.17) is 0 Å². The maximum atomic E-state index is 4.27. The van der Waals surface area contributed by atoms with Crippen LogP contribution in [-0.2, 0) is 6.54 Å². The van der Waals surface area contributed by atoms with Crippen LogP contribution in [0.25, 0.3) is 0 Å². The van der Waals surface area contributed by atoms with Gasteiger partial charge >= 0.3 is 0 Å². The molecule has 0 radical (unpaired) electrons. The van der Waals surface area contributed by atoms with Crippen LogP contribution < -0.4 is 0 Å². The van der Waals surface area contributed by atoms with Gasteiger partial charge in [0.05, 0.1) is 6.20 Å². The molecule has 15 heavy (non-hydrogen) atoms. The topological polar surface area (TPSA) is 17.8 Å². The van der Waals surface area contributed by atoms with Gasteiger partial charge < -0.3 is 0 Å². The molecule has 1 heterocycles. The quantitative estimate of drug-likeness (QED) is 0.711. The van der Waals surface area contributed by atoms with E-state index in [9.17, 15) is 0 Å². The highest BCUT2D eigenvalue weighted by molar-refractivity contribution is 5.19. The highest BCUT2D eigenvalue weighted by Gasteiger charge is 2.07. The average molecular weight is 212 g/mol. The Kier molecular flexibility index (Phi) is 10.8. The second-order valence-electron chi connectivity index (χ2n) is 3.16. The molecule has 90 valence electrons. The summed E-state index contributed by atoms with van der Waals surface area (Å²) in [4.78, 5) is 0. The predicted molar refractivity (Wildman–Crippen MR) is 69.4 cm³/mol. The molecule has 0 aromatic carbocycles. The van der Waals surface area contributed by atoms with Crippen molar-refractivity contribution in [3.05, 3.63) is 17.5 Å². The van der Waals surface area contributed by atoms with Crippen LogP contribution in [0.3, 0.4) is 0 Å². The Labute approximate surface area is 95.7 Å². The van der Waals surface area contributed by atoms with Gasteiger partial charge in [0.2, 0.25) is 0 Å². The minimum Gasteiger partial charge on any atom is -0.270 e. The summed E-state index contributed by atoms with van der Waals surface area (Å²) in [5.41, 5.74) is 2.68. The molecule has 0 aliphatic heterocycles. The van der Waals surface area contributed by atoms with Gasteiger partial charge in [-0.05, 0) is 25.3 Å². The van der Waals surface area contributed by atoms with Crippen molar-refractivity contribution in [1.82, 2.24) is 9.78 Å². The standard InChI is InChI=1S/C9H16N2.2C2H6/c1-5-11-8(4)9(6-10-11)7(2)3;2*1-2/h6-7H,5H2,1-4H3;2*1-2H3. The summed E-state index contributed by atoms with van der Waals surface area (Å²) in [6.45, 7) is 17.6. The van der Waals surface area contributed by atoms with Crippen LogP contribution in [-0.4, -0.2) is 9.78 Å². The maximum Gasteiger partial charge on any atom is 0.0527 e. The Morgan fingerprint density at radius 2 is 1.67 bits per heavy atom. The van der Waals surface area contributed by atoms with Crippen LogP contribution >= 0.6 is 0 Å². The Bertz CT molecular complexity index is 237. The monoisotopic (exact) mass is 212 g/mol. The number of nitrogens with zero attached hydrogens (tertiary/aromatic N) is 2. The SMILES string of the molecule is CC.CC.CCn1ncc(C(C)C)c1C. The third kappa shape index (κ3) is 5.01. The van der Waals surface area contributed by atoms with Crippen molar-refractivity contribution in [2.45, 2.75) is 67.9 Å². The Morgan fingerprint density at radius 1 is 1.20 bits per heavy atom. The van der Waals surface area contributed by atoms with Gasteiger partial charge in [-0.15, -0.1) is 0 Å². The molecule has 1 rings (SSSR count). The van der Waals surface area contributed by atoms with Crippen LogP contribution in [0.15, 0.2) is 6.20 Å². The third-order valence-electron chi connectivity index (χ3n) is 2.06. The first-order chi connectivity index (χ1) is 7.16. The molecule has 2 heteroatoms. The predicted octanol–water partition coefficient (Wildman–Crippen LogP) is 4.39. The van der Waals surface area contributed by atoms with Crippen molar-refractivity contribution in [3.63, 3.8) is 0 Å². The number of hydrogen-bond acceptors (Lipinski definition) is 1. The van der Waals surface area contributed by atoms with E-state index in [-0.39, 0.29) is 0 Å². The van der Waals surface area contributed by atoms with Crippen LogP contribution in [0.2, 0.25) is 0 Å². The van der Waals surface area contributed by atoms with E-state index in [1.807, 2.05) is 38.6 Å². The van der Waals surface area contributed by atoms with Crippen molar-refractivity contribution < 1.29 is 0 Å². The fourth-order valence-electron chi connectivity index (χ4n) is 1.35. The van der Waals surface area contributed by atoms with Gasteiger partial charge in [-0.3, -0.25) is 4.68 Å². The zero-order valence-electron chi connectivity index (χ0n) is 11.8. The second-order valence-corrected chi connectivity index (χ2v) is 3.16. The Balaban J connectivity index is 0. The minimum absolute atomic E-state index is 0.593. The van der Waals surface area contributed by atoms with Gasteiger partial charge in [-0.1, -0.05) is 41.5 Å². The molecule has 0 fully saturated rings. The molecule has 0 saturated carbocycles. The van der Waals surface area contributed by atoms with Gasteiger partial charge in [-0.25, -0.2) is 0 Å². The van der Waals surface area contributed by atoms with Gasteiger partial charge in [0.1, 0.15) is 0 Å². The Morgan fingerprint density at radius 3 is 1.87 bits per heavy atom. The molecular formula is C13H28N2. The molecule has 0 unspecified atom stereocenters. The van der Waals surface area contributed by atoms with Gasteiger partial charge in [0.25, 0.3) is 0 Å². The third-order valence-corrected chi connectivity index (χ3v) is 2.06. The highest BCUT2D eigenvalue weighted by atomic mass is 15.3. The summed E-state index contributed by atoms with van der Waals surface area (Å²) in [5, 5.41) is 4.27. The lowest BCUT2D eigenvalue weighted by molar-refractivity contribution is 0.637. The van der Waals surface area contributed by atoms with Gasteiger partial charge in [0, 0.05) is 12.2 Å². The molecule has 0 atom stereocenters. The molecular weight excluding hydrogens is 184 g/mol. The van der Waals surface area contributed by atoms with E-state index in [1.54, 1.807) is 0 Å². The first-order valence-electron chi connectivity index (χ1n) is 6.19. The Hall–Kier alpha value is -0.790. The molecule has 1 aromatic rings. The normalized spacial score (nSPS) is 8.87. The van der Waals surface area contributed by atoms with Crippen molar-refractivity contribution in [2.24, 2.45) is 0 Å². The zero-order valence-corrected chi connectivity index (χ0v) is 11.8. The van der Waals surface area contributed by atoms with Gasteiger partial charge in [-0.2, -0.15) is 5.10 Å². The smallest absolute Gasteiger partial charge is 0.0527 e. The molecule has 0 amide bonds. The maximum absolute atomic E-state index is 4.27. The average Bonchev–Trinajstić information content (AvgIpc) is 2.65. The fourth-order valence-corrected chi connectivity index (χ4v) is 1.35. The summed E-state index contributed by atoms with van der Waals surface area (Å²) in [5.74, 6) is 0.593. The number of aryl methyl sites for hydroxylation is 1. The van der Waals surface area contributed by atoms with E-state index in [1.165, 1.54) is 11.3 Å². The molecule has 1 aromatic heterocycles. The van der Waals surface area contributed by atoms with Crippen LogP contribution in [0.1, 0.15) is 65.6 Å². The lowest BCUT2D eigenvalue weighted by Crippen LogP contribution is -1.99. The number of aromatic nitrogens is 2. The summed E-state index contributed by atoms with van der Waals surface area (Å²) in [6, 6.07) is 0. The summed E-state index contributed by atoms with van der Waals surface area (Å²) in [6.07, 6.45) is 1.98. The van der Waals surface area contributed by atoms with Crippen molar-refractivity contribution >= 4 is 0 Å². The summed E-state index contributed by atoms with van der Waals surface area (Å²) in [7, 11) is 0. The number of hydrogen-bond donors (Lipinski definition) is 0. The summed E-state index contributed by atoms with van der Waals surface area (Å²) < 4.78 is 2.04. The first-order valence-corrected chi connectivity index (χ1v) is 6.19. The lowest BCUT2D eigenvalue weighted by atomic mass is 10.1. The molecule has 0 spiro atoms. The fraction of sp³-hybridized carbons (Fsp3) is 0.769. The summed E-state index contributed by atoms with van der Waals surface area (Å²) >= 11 is 0. The van der Waals surface area contributed by atoms with Crippen molar-refractivity contribution in [2.75, 3.05) is 0 Å². The molecule has 0 saturated heterocycles. The van der Waals surface area contributed by atoms with E-state index in [2.05, 4.69) is 32.8 Å². The van der Waals surface area contributed by atoms with E-state index in [0.29, 0.717) is 5.92 Å². The molecule has 2 nitrogen and oxygen atoms in total. The largest absolute Gasteiger partial charge is 0.270 e. The zero-order chi connectivity index (χ0) is 12.4.